The minimum Gasteiger partial charge on any atom is -0.379 e. The van der Waals surface area contributed by atoms with Crippen molar-refractivity contribution in [3.05, 3.63) is 0 Å². The fourth-order valence-corrected chi connectivity index (χ4v) is 3.01. The van der Waals surface area contributed by atoms with Gasteiger partial charge < -0.3 is 10.1 Å². The van der Waals surface area contributed by atoms with E-state index in [0.29, 0.717) is 5.92 Å². The maximum atomic E-state index is 12.1. The first-order chi connectivity index (χ1) is 10.3. The molecule has 2 saturated heterocycles. The van der Waals surface area contributed by atoms with Crippen LogP contribution in [0.3, 0.4) is 0 Å². The van der Waals surface area contributed by atoms with Gasteiger partial charge in [0.1, 0.15) is 6.54 Å². The highest BCUT2D eigenvalue weighted by atomic mass is 19.4. The van der Waals surface area contributed by atoms with Gasteiger partial charge >= 0.3 is 6.18 Å². The van der Waals surface area contributed by atoms with E-state index in [1.807, 2.05) is 10.2 Å². The summed E-state index contributed by atoms with van der Waals surface area (Å²) in [5.74, 6) is -0.0830. The Balaban J connectivity index is 1.73. The van der Waals surface area contributed by atoms with Crippen molar-refractivity contribution in [2.45, 2.75) is 25.6 Å². The van der Waals surface area contributed by atoms with E-state index in [1.54, 1.807) is 6.92 Å². The zero-order chi connectivity index (χ0) is 16.2. The lowest BCUT2D eigenvalue weighted by Gasteiger charge is -2.29. The molecule has 22 heavy (non-hydrogen) atoms. The summed E-state index contributed by atoms with van der Waals surface area (Å²) in [6, 6.07) is -0.517. The highest BCUT2D eigenvalue weighted by molar-refractivity contribution is 5.81. The molecule has 2 rings (SSSR count). The summed E-state index contributed by atoms with van der Waals surface area (Å²) in [6.45, 7) is 6.27. The third kappa shape index (κ3) is 5.40. The van der Waals surface area contributed by atoms with Crippen LogP contribution in [0.5, 0.6) is 0 Å². The molecule has 0 aromatic rings. The lowest BCUT2D eigenvalue weighted by molar-refractivity contribution is -0.141. The van der Waals surface area contributed by atoms with Crippen molar-refractivity contribution < 1.29 is 22.7 Å². The van der Waals surface area contributed by atoms with Gasteiger partial charge in [-0.1, -0.05) is 0 Å². The molecule has 8 heteroatoms. The van der Waals surface area contributed by atoms with Gasteiger partial charge in [-0.05, 0) is 25.8 Å². The number of likely N-dealkylation sites (tertiary alicyclic amines) is 1. The molecule has 1 N–H and O–H groups in total. The second-order valence-electron chi connectivity index (χ2n) is 6.07. The van der Waals surface area contributed by atoms with Crippen LogP contribution in [0.25, 0.3) is 0 Å². The van der Waals surface area contributed by atoms with Crippen LogP contribution in [0, 0.1) is 5.92 Å². The molecule has 128 valence electrons. The smallest absolute Gasteiger partial charge is 0.379 e. The fourth-order valence-electron chi connectivity index (χ4n) is 3.01. The third-order valence-electron chi connectivity index (χ3n) is 4.33. The largest absolute Gasteiger partial charge is 0.405 e. The Hall–Kier alpha value is -0.860. The molecule has 0 saturated carbocycles. The Bertz CT molecular complexity index is 373. The molecule has 2 fully saturated rings. The summed E-state index contributed by atoms with van der Waals surface area (Å²) in [4.78, 5) is 16.1. The first kappa shape index (κ1) is 17.5. The molecular formula is C14H24F3N3O2. The summed E-state index contributed by atoms with van der Waals surface area (Å²) >= 11 is 0. The van der Waals surface area contributed by atoms with Crippen LogP contribution >= 0.6 is 0 Å². The van der Waals surface area contributed by atoms with E-state index in [0.717, 1.165) is 52.4 Å². The van der Waals surface area contributed by atoms with Gasteiger partial charge in [0.25, 0.3) is 0 Å². The quantitative estimate of drug-likeness (QED) is 0.809. The van der Waals surface area contributed by atoms with Crippen molar-refractivity contribution in [2.75, 3.05) is 52.5 Å². The summed E-state index contributed by atoms with van der Waals surface area (Å²) in [5.41, 5.74) is 0. The van der Waals surface area contributed by atoms with Crippen LogP contribution in [0.2, 0.25) is 0 Å². The van der Waals surface area contributed by atoms with E-state index in [9.17, 15) is 18.0 Å². The van der Waals surface area contributed by atoms with Gasteiger partial charge in [-0.2, -0.15) is 13.2 Å². The molecule has 2 aliphatic rings. The third-order valence-corrected chi connectivity index (χ3v) is 4.33. The number of nitrogens with zero attached hydrogens (tertiary/aromatic N) is 2. The van der Waals surface area contributed by atoms with Crippen molar-refractivity contribution in [1.29, 1.82) is 0 Å². The summed E-state index contributed by atoms with van der Waals surface area (Å²) in [7, 11) is 0. The van der Waals surface area contributed by atoms with E-state index >= 15 is 0 Å². The molecule has 2 aliphatic heterocycles. The van der Waals surface area contributed by atoms with E-state index in [-0.39, 0.29) is 0 Å². The van der Waals surface area contributed by atoms with Crippen molar-refractivity contribution in [3.63, 3.8) is 0 Å². The van der Waals surface area contributed by atoms with Gasteiger partial charge in [-0.25, -0.2) is 0 Å². The molecular weight excluding hydrogens is 299 g/mol. The van der Waals surface area contributed by atoms with Gasteiger partial charge in [-0.3, -0.25) is 14.6 Å². The molecule has 2 atom stereocenters. The van der Waals surface area contributed by atoms with Crippen LogP contribution in [0.4, 0.5) is 13.2 Å². The first-order valence-corrected chi connectivity index (χ1v) is 7.74. The molecule has 2 heterocycles. The molecule has 0 aliphatic carbocycles. The number of amides is 1. The zero-order valence-electron chi connectivity index (χ0n) is 12.9. The van der Waals surface area contributed by atoms with E-state index in [1.165, 1.54) is 0 Å². The van der Waals surface area contributed by atoms with Crippen molar-refractivity contribution >= 4 is 5.91 Å². The maximum absolute atomic E-state index is 12.1. The van der Waals surface area contributed by atoms with Gasteiger partial charge in [0, 0.05) is 26.2 Å². The summed E-state index contributed by atoms with van der Waals surface area (Å²) < 4.78 is 41.7. The normalized spacial score (nSPS) is 26.1. The number of rotatable bonds is 5. The number of carbonyl (C=O) groups is 1. The number of carbonyl (C=O) groups excluding carboxylic acids is 1. The fraction of sp³-hybridized carbons (Fsp3) is 0.929. The van der Waals surface area contributed by atoms with Crippen LogP contribution in [-0.4, -0.2) is 80.4 Å². The minimum atomic E-state index is -4.36. The Morgan fingerprint density at radius 3 is 2.64 bits per heavy atom. The van der Waals surface area contributed by atoms with Gasteiger partial charge in [0.05, 0.1) is 19.3 Å². The highest BCUT2D eigenvalue weighted by Crippen LogP contribution is 2.20. The van der Waals surface area contributed by atoms with E-state index < -0.39 is 24.7 Å². The van der Waals surface area contributed by atoms with Crippen molar-refractivity contribution in [3.8, 4) is 0 Å². The molecule has 0 unspecified atom stereocenters. The van der Waals surface area contributed by atoms with Crippen molar-refractivity contribution in [2.24, 2.45) is 5.92 Å². The van der Waals surface area contributed by atoms with Crippen LogP contribution < -0.4 is 5.32 Å². The average Bonchev–Trinajstić information content (AvgIpc) is 2.92. The van der Waals surface area contributed by atoms with E-state index in [4.69, 9.17) is 4.74 Å². The second-order valence-corrected chi connectivity index (χ2v) is 6.07. The molecule has 0 spiro atoms. The van der Waals surface area contributed by atoms with Crippen LogP contribution in [0.1, 0.15) is 13.3 Å². The molecule has 5 nitrogen and oxygen atoms in total. The predicted molar refractivity (Wildman–Crippen MR) is 75.5 cm³/mol. The van der Waals surface area contributed by atoms with E-state index in [2.05, 4.69) is 4.90 Å². The zero-order valence-corrected chi connectivity index (χ0v) is 12.9. The SMILES string of the molecule is C[C@@H](C(=O)NCC(F)(F)F)N1CC[C@@H](CN2CCOCC2)C1. The Labute approximate surface area is 128 Å². The molecule has 0 bridgehead atoms. The number of hydrogen-bond acceptors (Lipinski definition) is 4. The standard InChI is InChI=1S/C14H24F3N3O2/c1-11(13(21)18-10-14(15,16)17)20-3-2-12(9-20)8-19-4-6-22-7-5-19/h11-12H,2-10H2,1H3,(H,18,21)/t11-,12-/m0/s1. The van der Waals surface area contributed by atoms with Crippen LogP contribution in [-0.2, 0) is 9.53 Å². The maximum Gasteiger partial charge on any atom is 0.405 e. The lowest BCUT2D eigenvalue weighted by atomic mass is 10.1. The Kier molecular flexibility index (Phi) is 6.05. The van der Waals surface area contributed by atoms with Gasteiger partial charge in [0.15, 0.2) is 0 Å². The monoisotopic (exact) mass is 323 g/mol. The summed E-state index contributed by atoms with van der Waals surface area (Å²) in [5, 5.41) is 1.96. The second kappa shape index (κ2) is 7.61. The van der Waals surface area contributed by atoms with Crippen molar-refractivity contribution in [1.82, 2.24) is 15.1 Å². The van der Waals surface area contributed by atoms with Crippen LogP contribution in [0.15, 0.2) is 0 Å². The van der Waals surface area contributed by atoms with Gasteiger partial charge in [-0.15, -0.1) is 0 Å². The molecule has 0 aromatic heterocycles. The highest BCUT2D eigenvalue weighted by Gasteiger charge is 2.33. The Morgan fingerprint density at radius 1 is 1.32 bits per heavy atom. The number of hydrogen-bond donors (Lipinski definition) is 1. The number of halogens is 3. The predicted octanol–water partition coefficient (Wildman–Crippen LogP) is 0.708. The lowest BCUT2D eigenvalue weighted by Crippen LogP contribution is -2.47. The molecule has 0 aromatic carbocycles. The number of alkyl halides is 3. The molecule has 1 amide bonds. The average molecular weight is 323 g/mol. The minimum absolute atomic E-state index is 0.468. The molecule has 0 radical (unpaired) electrons. The first-order valence-electron chi connectivity index (χ1n) is 7.74. The number of nitrogens with one attached hydrogen (secondary N) is 1. The number of morpholine rings is 1. The Morgan fingerprint density at radius 2 is 2.00 bits per heavy atom. The summed E-state index contributed by atoms with van der Waals surface area (Å²) in [6.07, 6.45) is -3.38. The van der Waals surface area contributed by atoms with Gasteiger partial charge in [0.2, 0.25) is 5.91 Å². The topological polar surface area (TPSA) is 44.8 Å². The number of ether oxygens (including phenoxy) is 1.